The Bertz CT molecular complexity index is 839. The summed E-state index contributed by atoms with van der Waals surface area (Å²) in [6.45, 7) is 3.08. The van der Waals surface area contributed by atoms with E-state index in [1.54, 1.807) is 29.2 Å². The Kier molecular flexibility index (Phi) is 5.81. The standard InChI is InChI=1S/C19H19F3N4O2/c1-13-12-26(18(27)24-17-3-2-9-23-25-17)10-8-15(13)11-14-4-6-16(7-5-14)28-19(20,21)22/h2-7,9,11,13H,8,10,12H2,1H3,(H,24,25,27). The van der Waals surface area contributed by atoms with Crippen molar-refractivity contribution in [2.45, 2.75) is 19.7 Å². The van der Waals surface area contributed by atoms with Crippen LogP contribution in [0.25, 0.3) is 6.08 Å². The average Bonchev–Trinajstić information content (AvgIpc) is 2.64. The molecule has 2 heterocycles. The highest BCUT2D eigenvalue weighted by molar-refractivity contribution is 5.88. The van der Waals surface area contributed by atoms with Crippen LogP contribution in [0.2, 0.25) is 0 Å². The van der Waals surface area contributed by atoms with E-state index in [1.807, 2.05) is 13.0 Å². The summed E-state index contributed by atoms with van der Waals surface area (Å²) in [7, 11) is 0. The molecule has 1 N–H and O–H groups in total. The van der Waals surface area contributed by atoms with Crippen LogP contribution >= 0.6 is 0 Å². The molecule has 0 bridgehead atoms. The number of alkyl halides is 3. The summed E-state index contributed by atoms with van der Waals surface area (Å²) in [5.74, 6) is 0.258. The van der Waals surface area contributed by atoms with Gasteiger partial charge in [0.1, 0.15) is 5.75 Å². The number of hydrogen-bond acceptors (Lipinski definition) is 4. The molecule has 9 heteroatoms. The number of piperidine rings is 1. The molecule has 2 amide bonds. The molecule has 148 valence electrons. The average molecular weight is 392 g/mol. The van der Waals surface area contributed by atoms with Gasteiger partial charge < -0.3 is 9.64 Å². The largest absolute Gasteiger partial charge is 0.573 e. The summed E-state index contributed by atoms with van der Waals surface area (Å²) in [5, 5.41) is 10.3. The van der Waals surface area contributed by atoms with E-state index in [0.717, 1.165) is 11.1 Å². The number of urea groups is 1. The molecular weight excluding hydrogens is 373 g/mol. The number of nitrogens with one attached hydrogen (secondary N) is 1. The fourth-order valence-corrected chi connectivity index (χ4v) is 2.99. The van der Waals surface area contributed by atoms with Gasteiger partial charge in [-0.25, -0.2) is 4.79 Å². The number of anilines is 1. The summed E-state index contributed by atoms with van der Waals surface area (Å²) in [5.41, 5.74) is 1.92. The molecule has 1 unspecified atom stereocenters. The van der Waals surface area contributed by atoms with E-state index in [4.69, 9.17) is 0 Å². The maximum atomic E-state index is 12.4. The zero-order chi connectivity index (χ0) is 20.1. The van der Waals surface area contributed by atoms with Crippen LogP contribution in [0.15, 0.2) is 48.2 Å². The number of nitrogens with zero attached hydrogens (tertiary/aromatic N) is 3. The van der Waals surface area contributed by atoms with Crippen molar-refractivity contribution in [2.75, 3.05) is 18.4 Å². The quantitative estimate of drug-likeness (QED) is 0.844. The molecule has 0 spiro atoms. The third kappa shape index (κ3) is 5.45. The maximum absolute atomic E-state index is 12.4. The van der Waals surface area contributed by atoms with E-state index in [0.29, 0.717) is 25.3 Å². The van der Waals surface area contributed by atoms with Crippen molar-refractivity contribution in [1.29, 1.82) is 0 Å². The van der Waals surface area contributed by atoms with Crippen LogP contribution in [0.3, 0.4) is 0 Å². The lowest BCUT2D eigenvalue weighted by atomic mass is 9.91. The molecule has 0 aliphatic carbocycles. The number of carbonyl (C=O) groups excluding carboxylic acids is 1. The molecular formula is C19H19F3N4O2. The van der Waals surface area contributed by atoms with E-state index in [-0.39, 0.29) is 17.7 Å². The Hall–Kier alpha value is -3.10. The maximum Gasteiger partial charge on any atom is 0.573 e. The Morgan fingerprint density at radius 2 is 2.04 bits per heavy atom. The van der Waals surface area contributed by atoms with Crippen molar-refractivity contribution in [3.05, 3.63) is 53.7 Å². The first kappa shape index (κ1) is 19.7. The van der Waals surface area contributed by atoms with Crippen molar-refractivity contribution in [2.24, 2.45) is 5.92 Å². The number of likely N-dealkylation sites (tertiary alicyclic amines) is 1. The molecule has 2 aromatic rings. The molecule has 1 fully saturated rings. The molecule has 28 heavy (non-hydrogen) atoms. The summed E-state index contributed by atoms with van der Waals surface area (Å²) in [4.78, 5) is 14.1. The van der Waals surface area contributed by atoms with Gasteiger partial charge in [-0.3, -0.25) is 5.32 Å². The second kappa shape index (κ2) is 8.28. The summed E-state index contributed by atoms with van der Waals surface area (Å²) >= 11 is 0. The van der Waals surface area contributed by atoms with Crippen molar-refractivity contribution < 1.29 is 22.7 Å². The van der Waals surface area contributed by atoms with Gasteiger partial charge in [-0.15, -0.1) is 18.3 Å². The van der Waals surface area contributed by atoms with Crippen molar-refractivity contribution in [3.63, 3.8) is 0 Å². The lowest BCUT2D eigenvalue weighted by molar-refractivity contribution is -0.274. The van der Waals surface area contributed by atoms with Crippen molar-refractivity contribution >= 4 is 17.9 Å². The Labute approximate surface area is 160 Å². The van der Waals surface area contributed by atoms with Crippen LogP contribution in [0, 0.1) is 5.92 Å². The van der Waals surface area contributed by atoms with Gasteiger partial charge in [-0.2, -0.15) is 5.10 Å². The molecule has 0 saturated carbocycles. The molecule has 6 nitrogen and oxygen atoms in total. The molecule has 1 aliphatic rings. The molecule has 0 radical (unpaired) electrons. The zero-order valence-corrected chi connectivity index (χ0v) is 15.1. The Morgan fingerprint density at radius 1 is 1.29 bits per heavy atom. The normalized spacial score (nSPS) is 18.8. The number of hydrogen-bond donors (Lipinski definition) is 1. The van der Waals surface area contributed by atoms with E-state index in [2.05, 4.69) is 20.3 Å². The van der Waals surface area contributed by atoms with E-state index in [1.165, 1.54) is 18.3 Å². The summed E-state index contributed by atoms with van der Waals surface area (Å²) < 4.78 is 40.6. The minimum Gasteiger partial charge on any atom is -0.406 e. The van der Waals surface area contributed by atoms with Gasteiger partial charge in [0.25, 0.3) is 0 Å². The first-order valence-electron chi connectivity index (χ1n) is 8.70. The smallest absolute Gasteiger partial charge is 0.406 e. The monoisotopic (exact) mass is 392 g/mol. The Morgan fingerprint density at radius 3 is 2.64 bits per heavy atom. The Balaban J connectivity index is 1.59. The van der Waals surface area contributed by atoms with Gasteiger partial charge in [0.15, 0.2) is 5.82 Å². The number of benzene rings is 1. The lowest BCUT2D eigenvalue weighted by Gasteiger charge is -2.33. The highest BCUT2D eigenvalue weighted by atomic mass is 19.4. The van der Waals surface area contributed by atoms with Crippen LogP contribution < -0.4 is 10.1 Å². The van der Waals surface area contributed by atoms with Gasteiger partial charge in [-0.1, -0.05) is 30.7 Å². The molecule has 1 aliphatic heterocycles. The van der Waals surface area contributed by atoms with E-state index in [9.17, 15) is 18.0 Å². The predicted octanol–water partition coefficient (Wildman–Crippen LogP) is 4.33. The highest BCUT2D eigenvalue weighted by Gasteiger charge is 2.31. The number of rotatable bonds is 3. The summed E-state index contributed by atoms with van der Waals surface area (Å²) in [6.07, 6.45) is -0.555. The molecule has 3 rings (SSSR count). The number of aromatic nitrogens is 2. The molecule has 1 atom stereocenters. The van der Waals surface area contributed by atoms with Crippen molar-refractivity contribution in [1.82, 2.24) is 15.1 Å². The molecule has 1 aromatic heterocycles. The minimum absolute atomic E-state index is 0.118. The van der Waals surface area contributed by atoms with E-state index < -0.39 is 6.36 Å². The third-order valence-electron chi connectivity index (χ3n) is 4.36. The van der Waals surface area contributed by atoms with E-state index >= 15 is 0 Å². The fraction of sp³-hybridized carbons (Fsp3) is 0.316. The van der Waals surface area contributed by atoms with Crippen LogP contribution in [-0.4, -0.2) is 40.6 Å². The minimum atomic E-state index is -4.70. The number of amides is 2. The van der Waals surface area contributed by atoms with Crippen LogP contribution in [0.5, 0.6) is 5.75 Å². The van der Waals surface area contributed by atoms with Crippen LogP contribution in [-0.2, 0) is 0 Å². The third-order valence-corrected chi connectivity index (χ3v) is 4.36. The van der Waals surface area contributed by atoms with Crippen molar-refractivity contribution in [3.8, 4) is 5.75 Å². The van der Waals surface area contributed by atoms with Gasteiger partial charge in [0, 0.05) is 19.3 Å². The zero-order valence-electron chi connectivity index (χ0n) is 15.1. The van der Waals surface area contributed by atoms with Gasteiger partial charge in [0.05, 0.1) is 0 Å². The second-order valence-corrected chi connectivity index (χ2v) is 6.47. The van der Waals surface area contributed by atoms with Gasteiger partial charge in [0.2, 0.25) is 0 Å². The summed E-state index contributed by atoms with van der Waals surface area (Å²) in [6, 6.07) is 8.84. The highest BCUT2D eigenvalue weighted by Crippen LogP contribution is 2.27. The van der Waals surface area contributed by atoms with Gasteiger partial charge in [-0.05, 0) is 42.2 Å². The topological polar surface area (TPSA) is 67.4 Å². The van der Waals surface area contributed by atoms with Crippen LogP contribution in [0.4, 0.5) is 23.8 Å². The van der Waals surface area contributed by atoms with Gasteiger partial charge >= 0.3 is 12.4 Å². The first-order chi connectivity index (χ1) is 13.3. The SMILES string of the molecule is CC1CN(C(=O)Nc2cccnn2)CCC1=Cc1ccc(OC(F)(F)F)cc1. The second-order valence-electron chi connectivity index (χ2n) is 6.47. The first-order valence-corrected chi connectivity index (χ1v) is 8.70. The molecule has 1 aromatic carbocycles. The van der Waals surface area contributed by atoms with Crippen LogP contribution in [0.1, 0.15) is 18.9 Å². The fourth-order valence-electron chi connectivity index (χ4n) is 2.99. The predicted molar refractivity (Wildman–Crippen MR) is 97.5 cm³/mol. The number of ether oxygens (including phenoxy) is 1. The number of halogens is 3. The number of carbonyl (C=O) groups is 1. The lowest BCUT2D eigenvalue weighted by Crippen LogP contribution is -2.42. The molecule has 1 saturated heterocycles.